The van der Waals surface area contributed by atoms with E-state index in [2.05, 4.69) is 25.8 Å². The maximum absolute atomic E-state index is 14.8. The molecule has 1 aromatic heterocycles. The van der Waals surface area contributed by atoms with E-state index in [0.29, 0.717) is 42.2 Å². The van der Waals surface area contributed by atoms with Crippen molar-refractivity contribution in [2.45, 2.75) is 33.0 Å². The predicted molar refractivity (Wildman–Crippen MR) is 114 cm³/mol. The summed E-state index contributed by atoms with van der Waals surface area (Å²) in [5.41, 5.74) is 1.07. The number of morpholine rings is 1. The molecule has 7 nitrogen and oxygen atoms in total. The molecule has 0 N–H and O–H groups in total. The monoisotopic (exact) mass is 479 g/mol. The minimum absolute atomic E-state index is 0.0185. The molecule has 0 aliphatic carbocycles. The number of pyridine rings is 1. The SMILES string of the molecule is CC(C)(C)OC(=O)N1c2cc(Br)cc(F)c2OCc2c(N3CCOCC3)ccnc21. The largest absolute Gasteiger partial charge is 0.483 e. The van der Waals surface area contributed by atoms with Crippen LogP contribution in [0, 0.1) is 5.82 Å². The first-order valence-electron chi connectivity index (χ1n) is 9.70. The molecular weight excluding hydrogens is 457 g/mol. The van der Waals surface area contributed by atoms with E-state index >= 15 is 0 Å². The summed E-state index contributed by atoms with van der Waals surface area (Å²) in [7, 11) is 0. The Morgan fingerprint density at radius 2 is 1.97 bits per heavy atom. The molecule has 0 bridgehead atoms. The van der Waals surface area contributed by atoms with Crippen LogP contribution >= 0.6 is 15.9 Å². The number of hydrogen-bond acceptors (Lipinski definition) is 6. The first kappa shape index (κ1) is 20.9. The molecule has 0 radical (unpaired) electrons. The Labute approximate surface area is 182 Å². The van der Waals surface area contributed by atoms with Gasteiger partial charge in [0.25, 0.3) is 0 Å². The van der Waals surface area contributed by atoms with Crippen LogP contribution in [0.2, 0.25) is 0 Å². The van der Waals surface area contributed by atoms with Crippen LogP contribution in [0.5, 0.6) is 5.75 Å². The second-order valence-corrected chi connectivity index (χ2v) is 8.99. The average Bonchev–Trinajstić information content (AvgIpc) is 2.84. The summed E-state index contributed by atoms with van der Waals surface area (Å²) in [6, 6.07) is 4.81. The van der Waals surface area contributed by atoms with Crippen LogP contribution in [0.25, 0.3) is 0 Å². The highest BCUT2D eigenvalue weighted by Gasteiger charge is 2.35. The third-order valence-corrected chi connectivity index (χ3v) is 5.20. The summed E-state index contributed by atoms with van der Waals surface area (Å²) >= 11 is 3.30. The van der Waals surface area contributed by atoms with Gasteiger partial charge in [0.2, 0.25) is 0 Å². The Kier molecular flexibility index (Phi) is 5.59. The van der Waals surface area contributed by atoms with E-state index in [9.17, 15) is 9.18 Å². The molecule has 0 atom stereocenters. The Morgan fingerprint density at radius 3 is 2.67 bits per heavy atom. The van der Waals surface area contributed by atoms with E-state index in [1.165, 1.54) is 11.0 Å². The molecule has 3 heterocycles. The zero-order valence-electron chi connectivity index (χ0n) is 17.1. The van der Waals surface area contributed by atoms with Crippen molar-refractivity contribution < 1.29 is 23.4 Å². The maximum atomic E-state index is 14.8. The van der Waals surface area contributed by atoms with Gasteiger partial charge < -0.3 is 19.1 Å². The fraction of sp³-hybridized carbons (Fsp3) is 0.429. The van der Waals surface area contributed by atoms with Crippen LogP contribution in [0.3, 0.4) is 0 Å². The number of aromatic nitrogens is 1. The quantitative estimate of drug-likeness (QED) is 0.585. The molecule has 4 rings (SSSR count). The number of benzene rings is 1. The van der Waals surface area contributed by atoms with Gasteiger partial charge in [-0.15, -0.1) is 0 Å². The van der Waals surface area contributed by atoms with Gasteiger partial charge in [0.15, 0.2) is 17.4 Å². The summed E-state index contributed by atoms with van der Waals surface area (Å²) in [6.07, 6.45) is 0.986. The van der Waals surface area contributed by atoms with E-state index in [-0.39, 0.29) is 18.0 Å². The number of halogens is 2. The molecular formula is C21H23BrFN3O4. The summed E-state index contributed by atoms with van der Waals surface area (Å²) in [6.45, 7) is 8.03. The number of anilines is 3. The van der Waals surface area contributed by atoms with Crippen molar-refractivity contribution in [3.8, 4) is 5.75 Å². The summed E-state index contributed by atoms with van der Waals surface area (Å²) in [5.74, 6) is -0.229. The van der Waals surface area contributed by atoms with E-state index < -0.39 is 17.5 Å². The van der Waals surface area contributed by atoms with Gasteiger partial charge >= 0.3 is 6.09 Å². The molecule has 1 saturated heterocycles. The molecule has 2 aliphatic rings. The fourth-order valence-corrected chi connectivity index (χ4v) is 3.93. The minimum atomic E-state index is -0.739. The average molecular weight is 480 g/mol. The Morgan fingerprint density at radius 1 is 1.23 bits per heavy atom. The predicted octanol–water partition coefficient (Wildman–Crippen LogP) is 4.79. The van der Waals surface area contributed by atoms with Crippen LogP contribution in [0.4, 0.5) is 26.4 Å². The highest BCUT2D eigenvalue weighted by molar-refractivity contribution is 9.10. The number of hydrogen-bond donors (Lipinski definition) is 0. The molecule has 30 heavy (non-hydrogen) atoms. The summed E-state index contributed by atoms with van der Waals surface area (Å²) < 4.78 is 32.2. The third-order valence-electron chi connectivity index (χ3n) is 4.74. The van der Waals surface area contributed by atoms with Crippen molar-refractivity contribution in [1.29, 1.82) is 0 Å². The van der Waals surface area contributed by atoms with Crippen molar-refractivity contribution in [3.05, 3.63) is 40.2 Å². The molecule has 9 heteroatoms. The van der Waals surface area contributed by atoms with Crippen molar-refractivity contribution in [1.82, 2.24) is 4.98 Å². The lowest BCUT2D eigenvalue weighted by Gasteiger charge is -2.32. The lowest BCUT2D eigenvalue weighted by atomic mass is 10.1. The van der Waals surface area contributed by atoms with E-state index in [1.54, 1.807) is 33.0 Å². The van der Waals surface area contributed by atoms with Crippen molar-refractivity contribution in [3.63, 3.8) is 0 Å². The van der Waals surface area contributed by atoms with Gasteiger partial charge in [-0.05, 0) is 39.0 Å². The highest BCUT2D eigenvalue weighted by Crippen LogP contribution is 2.44. The van der Waals surface area contributed by atoms with Gasteiger partial charge in [-0.2, -0.15) is 0 Å². The van der Waals surface area contributed by atoms with E-state index in [1.807, 2.05) is 6.07 Å². The van der Waals surface area contributed by atoms with Crippen LogP contribution < -0.4 is 14.5 Å². The van der Waals surface area contributed by atoms with Gasteiger partial charge in [0.1, 0.15) is 17.9 Å². The number of nitrogens with zero attached hydrogens (tertiary/aromatic N) is 3. The molecule has 1 amide bonds. The van der Waals surface area contributed by atoms with Gasteiger partial charge in [-0.1, -0.05) is 15.9 Å². The van der Waals surface area contributed by atoms with Crippen molar-refractivity contribution in [2.24, 2.45) is 0 Å². The third kappa shape index (κ3) is 4.09. The number of ether oxygens (including phenoxy) is 3. The second-order valence-electron chi connectivity index (χ2n) is 8.07. The van der Waals surface area contributed by atoms with Gasteiger partial charge in [-0.25, -0.2) is 19.1 Å². The number of fused-ring (bicyclic) bond motifs is 2. The molecule has 0 saturated carbocycles. The zero-order chi connectivity index (χ0) is 21.5. The standard InChI is InChI=1S/C21H23BrFN3O4/c1-21(2,3)30-20(27)26-17-11-13(22)10-15(23)18(17)29-12-14-16(4-5-24-19(14)26)25-6-8-28-9-7-25/h4-5,10-11H,6-9,12H2,1-3H3. The lowest BCUT2D eigenvalue weighted by Crippen LogP contribution is -2.38. The maximum Gasteiger partial charge on any atom is 0.420 e. The van der Waals surface area contributed by atoms with Crippen molar-refractivity contribution >= 4 is 39.2 Å². The Hall–Kier alpha value is -2.39. The number of carbonyl (C=O) groups excluding carboxylic acids is 1. The van der Waals surface area contributed by atoms with Crippen LogP contribution in [0.15, 0.2) is 28.9 Å². The second kappa shape index (κ2) is 8.03. The lowest BCUT2D eigenvalue weighted by molar-refractivity contribution is 0.0598. The number of rotatable bonds is 1. The number of carbonyl (C=O) groups is 1. The van der Waals surface area contributed by atoms with Gasteiger partial charge in [0, 0.05) is 29.4 Å². The molecule has 2 aromatic rings. The topological polar surface area (TPSA) is 64.1 Å². The normalized spacial score (nSPS) is 16.3. The minimum Gasteiger partial charge on any atom is -0.483 e. The smallest absolute Gasteiger partial charge is 0.420 e. The van der Waals surface area contributed by atoms with Gasteiger partial charge in [0.05, 0.1) is 18.8 Å². The molecule has 1 aromatic carbocycles. The highest BCUT2D eigenvalue weighted by atomic mass is 79.9. The fourth-order valence-electron chi connectivity index (χ4n) is 3.51. The van der Waals surface area contributed by atoms with Crippen LogP contribution in [-0.4, -0.2) is 43.0 Å². The van der Waals surface area contributed by atoms with Crippen LogP contribution in [0.1, 0.15) is 26.3 Å². The van der Waals surface area contributed by atoms with Gasteiger partial charge in [-0.3, -0.25) is 0 Å². The van der Waals surface area contributed by atoms with Crippen LogP contribution in [-0.2, 0) is 16.1 Å². The first-order chi connectivity index (χ1) is 14.2. The van der Waals surface area contributed by atoms with E-state index in [0.717, 1.165) is 5.69 Å². The van der Waals surface area contributed by atoms with E-state index in [4.69, 9.17) is 14.2 Å². The summed E-state index contributed by atoms with van der Waals surface area (Å²) in [5, 5.41) is 0. The molecule has 0 spiro atoms. The molecule has 2 aliphatic heterocycles. The first-order valence-corrected chi connectivity index (χ1v) is 10.5. The zero-order valence-corrected chi connectivity index (χ0v) is 18.7. The Balaban J connectivity index is 1.88. The molecule has 1 fully saturated rings. The molecule has 0 unspecified atom stereocenters. The Bertz CT molecular complexity index is 973. The molecule has 160 valence electrons. The summed E-state index contributed by atoms with van der Waals surface area (Å²) in [4.78, 5) is 21.2. The number of amides is 1. The van der Waals surface area contributed by atoms with Crippen molar-refractivity contribution in [2.75, 3.05) is 36.1 Å².